The highest BCUT2D eigenvalue weighted by Gasteiger charge is 2.18. The van der Waals surface area contributed by atoms with E-state index in [0.29, 0.717) is 0 Å². The predicted octanol–water partition coefficient (Wildman–Crippen LogP) is 5.87. The number of aromatic nitrogens is 2. The summed E-state index contributed by atoms with van der Waals surface area (Å²) in [6, 6.07) is 28.8. The van der Waals surface area contributed by atoms with Crippen molar-refractivity contribution < 1.29 is 0 Å². The molecule has 142 valence electrons. The molecule has 0 spiro atoms. The van der Waals surface area contributed by atoms with E-state index >= 15 is 0 Å². The average Bonchev–Trinajstić information content (AvgIpc) is 3.03. The van der Waals surface area contributed by atoms with Crippen LogP contribution in [0.5, 0.6) is 0 Å². The van der Waals surface area contributed by atoms with Gasteiger partial charge >= 0.3 is 0 Å². The number of nitrogens with zero attached hydrogens (tertiary/aromatic N) is 2. The number of hydrogen-bond acceptors (Lipinski definition) is 2. The summed E-state index contributed by atoms with van der Waals surface area (Å²) in [7, 11) is 1.95. The van der Waals surface area contributed by atoms with Crippen LogP contribution in [0.2, 0.25) is 0 Å². The lowest BCUT2D eigenvalue weighted by atomic mass is 9.98. The van der Waals surface area contributed by atoms with Crippen molar-refractivity contribution in [2.75, 3.05) is 6.26 Å². The largest absolute Gasteiger partial charge is 0.280 e. The monoisotopic (exact) mass is 396 g/mol. The molecular weight excluding hydrogens is 376 g/mol. The fourth-order valence-electron chi connectivity index (χ4n) is 3.99. The Morgan fingerprint density at radius 1 is 0.793 bits per heavy atom. The number of benzene rings is 4. The van der Waals surface area contributed by atoms with Gasteiger partial charge in [-0.25, -0.2) is 4.68 Å². The molecule has 0 atom stereocenters. The van der Waals surface area contributed by atoms with E-state index < -0.39 is 0 Å². The van der Waals surface area contributed by atoms with Crippen LogP contribution in [-0.2, 0) is 7.05 Å². The summed E-state index contributed by atoms with van der Waals surface area (Å²) in [6.07, 6.45) is 2.07. The molecule has 0 radical (unpaired) electrons. The summed E-state index contributed by atoms with van der Waals surface area (Å²) in [6.45, 7) is 0. The van der Waals surface area contributed by atoms with Gasteiger partial charge in [-0.3, -0.25) is 9.48 Å². The molecule has 0 N–H and O–H groups in total. The molecule has 3 nitrogen and oxygen atoms in total. The minimum atomic E-state index is 0.00418. The molecule has 0 bridgehead atoms. The van der Waals surface area contributed by atoms with Gasteiger partial charge in [0, 0.05) is 11.9 Å². The molecule has 0 fully saturated rings. The van der Waals surface area contributed by atoms with Crippen LogP contribution < -0.4 is 5.56 Å². The van der Waals surface area contributed by atoms with Crippen LogP contribution in [0, 0.1) is 0 Å². The van der Waals surface area contributed by atoms with Crippen LogP contribution in [0.1, 0.15) is 0 Å². The predicted molar refractivity (Wildman–Crippen MR) is 123 cm³/mol. The number of para-hydroxylation sites is 1. The van der Waals surface area contributed by atoms with Crippen LogP contribution in [0.15, 0.2) is 94.6 Å². The molecule has 0 aliphatic rings. The summed E-state index contributed by atoms with van der Waals surface area (Å²) in [4.78, 5) is 14.7. The first kappa shape index (κ1) is 17.8. The van der Waals surface area contributed by atoms with Gasteiger partial charge in [0.25, 0.3) is 5.56 Å². The maximum Gasteiger partial charge on any atom is 0.279 e. The van der Waals surface area contributed by atoms with Gasteiger partial charge in [-0.2, -0.15) is 0 Å². The van der Waals surface area contributed by atoms with Crippen molar-refractivity contribution in [3.63, 3.8) is 0 Å². The van der Waals surface area contributed by atoms with E-state index in [1.807, 2.05) is 54.2 Å². The van der Waals surface area contributed by atoms with E-state index in [9.17, 15) is 4.79 Å². The lowest BCUT2D eigenvalue weighted by molar-refractivity contribution is 0.666. The van der Waals surface area contributed by atoms with Crippen LogP contribution in [0.25, 0.3) is 38.5 Å². The van der Waals surface area contributed by atoms with Crippen molar-refractivity contribution in [1.82, 2.24) is 9.36 Å². The number of rotatable bonds is 3. The Hall–Kier alpha value is -3.24. The second-order valence-corrected chi connectivity index (χ2v) is 7.99. The van der Waals surface area contributed by atoms with E-state index in [1.54, 1.807) is 16.4 Å². The molecule has 4 heteroatoms. The smallest absolute Gasteiger partial charge is 0.279 e. The Morgan fingerprint density at radius 3 is 2.28 bits per heavy atom. The van der Waals surface area contributed by atoms with Gasteiger partial charge in [0.05, 0.1) is 16.6 Å². The zero-order valence-electron chi connectivity index (χ0n) is 16.3. The van der Waals surface area contributed by atoms with Crippen molar-refractivity contribution in [3.8, 4) is 16.8 Å². The molecule has 4 aromatic carbocycles. The van der Waals surface area contributed by atoms with Gasteiger partial charge in [-0.15, -0.1) is 11.8 Å². The van der Waals surface area contributed by atoms with E-state index in [4.69, 9.17) is 0 Å². The molecule has 0 saturated heterocycles. The zero-order chi connectivity index (χ0) is 20.0. The third-order valence-electron chi connectivity index (χ3n) is 5.44. The third kappa shape index (κ3) is 2.88. The molecule has 1 heterocycles. The van der Waals surface area contributed by atoms with Crippen molar-refractivity contribution in [2.45, 2.75) is 4.90 Å². The van der Waals surface area contributed by atoms with Gasteiger partial charge in [0.1, 0.15) is 0 Å². The maximum absolute atomic E-state index is 13.5. The first-order valence-electron chi connectivity index (χ1n) is 9.52. The van der Waals surface area contributed by atoms with Crippen LogP contribution >= 0.6 is 11.8 Å². The second-order valence-electron chi connectivity index (χ2n) is 7.11. The van der Waals surface area contributed by atoms with Gasteiger partial charge in [0.15, 0.2) is 0 Å². The lowest BCUT2D eigenvalue weighted by Gasteiger charge is -2.09. The summed E-state index contributed by atoms with van der Waals surface area (Å²) in [5, 5.41) is 3.12. The maximum atomic E-state index is 13.5. The Morgan fingerprint density at radius 2 is 1.52 bits per heavy atom. The zero-order valence-corrected chi connectivity index (χ0v) is 17.1. The van der Waals surface area contributed by atoms with Crippen LogP contribution in [0.3, 0.4) is 0 Å². The lowest BCUT2D eigenvalue weighted by Crippen LogP contribution is -2.19. The first-order valence-corrected chi connectivity index (χ1v) is 10.7. The van der Waals surface area contributed by atoms with Crippen molar-refractivity contribution in [3.05, 3.63) is 95.3 Å². The van der Waals surface area contributed by atoms with Gasteiger partial charge in [0.2, 0.25) is 0 Å². The summed E-state index contributed by atoms with van der Waals surface area (Å²) >= 11 is 1.69. The molecular formula is C25H20N2OS. The molecule has 0 aliphatic heterocycles. The highest BCUT2D eigenvalue weighted by molar-refractivity contribution is 7.98. The van der Waals surface area contributed by atoms with Crippen molar-refractivity contribution in [1.29, 1.82) is 0 Å². The Balaban J connectivity index is 1.86. The van der Waals surface area contributed by atoms with Crippen LogP contribution in [-0.4, -0.2) is 15.6 Å². The molecule has 5 rings (SSSR count). The van der Waals surface area contributed by atoms with E-state index in [-0.39, 0.29) is 5.56 Å². The van der Waals surface area contributed by atoms with Crippen LogP contribution in [0.4, 0.5) is 0 Å². The number of hydrogen-bond donors (Lipinski definition) is 0. The van der Waals surface area contributed by atoms with Crippen molar-refractivity contribution in [2.24, 2.45) is 7.05 Å². The fourth-order valence-corrected chi connectivity index (χ4v) is 4.46. The summed E-state index contributed by atoms with van der Waals surface area (Å²) < 4.78 is 3.70. The summed E-state index contributed by atoms with van der Waals surface area (Å²) in [5.74, 6) is 0. The number of aryl methyl sites for hydroxylation is 1. The standard InChI is InChI=1S/C25H20N2OS/c1-26-23-16-21(29-2)15-22(19-13-12-17-8-6-7-9-18(17)14-19)24(23)25(28)27(26)20-10-4-3-5-11-20/h3-16H,1-2H3. The quantitative estimate of drug-likeness (QED) is 0.357. The second kappa shape index (κ2) is 6.98. The molecule has 1 aromatic heterocycles. The van der Waals surface area contributed by atoms with Gasteiger partial charge in [-0.05, 0) is 58.5 Å². The first-order chi connectivity index (χ1) is 14.2. The Bertz CT molecular complexity index is 1410. The fraction of sp³-hybridized carbons (Fsp3) is 0.0800. The minimum Gasteiger partial charge on any atom is -0.280 e. The SMILES string of the molecule is CSc1cc(-c2ccc3ccccc3c2)c2c(=O)n(-c3ccccc3)n(C)c2c1. The van der Waals surface area contributed by atoms with Crippen molar-refractivity contribution >= 4 is 33.4 Å². The molecule has 0 aliphatic carbocycles. The number of fused-ring (bicyclic) bond motifs is 2. The Kier molecular flexibility index (Phi) is 4.29. The minimum absolute atomic E-state index is 0.00418. The molecule has 29 heavy (non-hydrogen) atoms. The highest BCUT2D eigenvalue weighted by Crippen LogP contribution is 2.33. The molecule has 0 unspecified atom stereocenters. The van der Waals surface area contributed by atoms with Gasteiger partial charge < -0.3 is 0 Å². The Labute approximate surface area is 173 Å². The topological polar surface area (TPSA) is 26.9 Å². The molecule has 0 amide bonds. The van der Waals surface area contributed by atoms with E-state index in [2.05, 4.69) is 48.7 Å². The summed E-state index contributed by atoms with van der Waals surface area (Å²) in [5.41, 5.74) is 3.85. The third-order valence-corrected chi connectivity index (χ3v) is 6.15. The van der Waals surface area contributed by atoms with E-state index in [0.717, 1.165) is 32.6 Å². The van der Waals surface area contributed by atoms with E-state index in [1.165, 1.54) is 10.8 Å². The van der Waals surface area contributed by atoms with Gasteiger partial charge in [-0.1, -0.05) is 54.6 Å². The average molecular weight is 397 g/mol. The number of thioether (sulfide) groups is 1. The molecule has 0 saturated carbocycles. The molecule has 5 aromatic rings. The normalized spacial score (nSPS) is 11.4. The highest BCUT2D eigenvalue weighted by atomic mass is 32.2.